The zero-order valence-corrected chi connectivity index (χ0v) is 15.6. The molecule has 1 aromatic carbocycles. The van der Waals surface area contributed by atoms with Gasteiger partial charge in [0.1, 0.15) is 12.4 Å². The van der Waals surface area contributed by atoms with Crippen LogP contribution < -0.4 is 5.32 Å². The number of nitrogens with one attached hydrogen (secondary N) is 1. The number of likely N-dealkylation sites (tertiary alicyclic amines) is 1. The Balaban J connectivity index is 1.24. The molecule has 1 N–H and O–H groups in total. The normalized spacial score (nSPS) is 26.7. The van der Waals surface area contributed by atoms with Crippen LogP contribution in [0.3, 0.4) is 0 Å². The summed E-state index contributed by atoms with van der Waals surface area (Å²) in [7, 11) is 0. The van der Waals surface area contributed by atoms with Crippen molar-refractivity contribution in [1.82, 2.24) is 10.2 Å². The lowest BCUT2D eigenvalue weighted by Gasteiger charge is -2.47. The summed E-state index contributed by atoms with van der Waals surface area (Å²) in [6.45, 7) is 1.92. The van der Waals surface area contributed by atoms with E-state index in [9.17, 15) is 27.2 Å². The second kappa shape index (κ2) is 6.86. The molecule has 158 valence electrons. The predicted octanol–water partition coefficient (Wildman–Crippen LogP) is 2.77. The van der Waals surface area contributed by atoms with Gasteiger partial charge in [-0.2, -0.15) is 13.2 Å². The predicted molar refractivity (Wildman–Crippen MR) is 91.2 cm³/mol. The van der Waals surface area contributed by atoms with E-state index >= 15 is 0 Å². The van der Waals surface area contributed by atoms with E-state index in [4.69, 9.17) is 9.47 Å². The van der Waals surface area contributed by atoms with Crippen molar-refractivity contribution in [1.29, 1.82) is 0 Å². The Hall–Kier alpha value is -2.36. The Morgan fingerprint density at radius 2 is 2.03 bits per heavy atom. The number of alkyl halides is 3. The molecule has 0 bridgehead atoms. The van der Waals surface area contributed by atoms with Gasteiger partial charge in [0.25, 0.3) is 0 Å². The summed E-state index contributed by atoms with van der Waals surface area (Å²) in [5.41, 5.74) is -1.82. The number of halogens is 4. The Morgan fingerprint density at radius 1 is 1.34 bits per heavy atom. The largest absolute Gasteiger partial charge is 0.447 e. The molecule has 1 spiro atoms. The smallest absolute Gasteiger partial charge is 0.416 e. The van der Waals surface area contributed by atoms with E-state index in [2.05, 4.69) is 5.32 Å². The van der Waals surface area contributed by atoms with Gasteiger partial charge in [-0.05, 0) is 31.4 Å². The maximum atomic E-state index is 14.2. The summed E-state index contributed by atoms with van der Waals surface area (Å²) in [5.74, 6) is -1.12. The number of alkyl carbamates (subject to hydrolysis) is 1. The molecule has 1 aliphatic carbocycles. The van der Waals surface area contributed by atoms with E-state index in [1.54, 1.807) is 4.90 Å². The third-order valence-electron chi connectivity index (χ3n) is 5.88. The van der Waals surface area contributed by atoms with Crippen molar-refractivity contribution in [2.45, 2.75) is 44.2 Å². The molecule has 10 heteroatoms. The van der Waals surface area contributed by atoms with Crippen molar-refractivity contribution < 1.29 is 36.6 Å². The molecular weight excluding hydrogens is 396 g/mol. The van der Waals surface area contributed by atoms with Crippen molar-refractivity contribution in [3.05, 3.63) is 34.6 Å². The number of carbonyl (C=O) groups excluding carboxylic acids is 2. The first-order valence-electron chi connectivity index (χ1n) is 9.28. The Labute approximate surface area is 164 Å². The highest BCUT2D eigenvalue weighted by atomic mass is 19.4. The lowest BCUT2D eigenvalue weighted by atomic mass is 9.68. The second-order valence-corrected chi connectivity index (χ2v) is 7.97. The van der Waals surface area contributed by atoms with Gasteiger partial charge >= 0.3 is 12.3 Å². The molecule has 2 aliphatic heterocycles. The summed E-state index contributed by atoms with van der Waals surface area (Å²) in [6.07, 6.45) is -4.28. The number of amides is 2. The molecule has 3 fully saturated rings. The maximum Gasteiger partial charge on any atom is 0.416 e. The molecule has 0 radical (unpaired) electrons. The molecule has 1 aromatic rings. The van der Waals surface area contributed by atoms with Gasteiger partial charge in [-0.15, -0.1) is 0 Å². The van der Waals surface area contributed by atoms with Crippen LogP contribution in [-0.4, -0.2) is 48.2 Å². The Kier molecular flexibility index (Phi) is 4.71. The number of hydrogen-bond acceptors (Lipinski definition) is 4. The number of cyclic esters (lactones) is 1. The van der Waals surface area contributed by atoms with E-state index < -0.39 is 34.8 Å². The minimum absolute atomic E-state index is 0.0202. The van der Waals surface area contributed by atoms with E-state index in [1.165, 1.54) is 0 Å². The van der Waals surface area contributed by atoms with Crippen LogP contribution in [0.5, 0.6) is 0 Å². The van der Waals surface area contributed by atoms with Crippen molar-refractivity contribution in [3.8, 4) is 0 Å². The molecule has 2 amide bonds. The van der Waals surface area contributed by atoms with Crippen molar-refractivity contribution in [2.75, 3.05) is 19.7 Å². The highest BCUT2D eigenvalue weighted by Crippen LogP contribution is 2.42. The number of carbonyl (C=O) groups is 2. The van der Waals surface area contributed by atoms with Gasteiger partial charge in [-0.1, -0.05) is 6.07 Å². The Bertz CT molecular complexity index is 845. The number of rotatable bonds is 4. The monoisotopic (exact) mass is 416 g/mol. The quantitative estimate of drug-likeness (QED) is 0.767. The van der Waals surface area contributed by atoms with Crippen molar-refractivity contribution >= 4 is 12.0 Å². The molecule has 2 saturated heterocycles. The van der Waals surface area contributed by atoms with Crippen LogP contribution in [0.4, 0.5) is 22.4 Å². The second-order valence-electron chi connectivity index (χ2n) is 7.97. The molecule has 4 rings (SSSR count). The molecule has 2 heterocycles. The first-order valence-corrected chi connectivity index (χ1v) is 9.28. The fourth-order valence-electron chi connectivity index (χ4n) is 4.12. The first kappa shape index (κ1) is 19.9. The van der Waals surface area contributed by atoms with Crippen LogP contribution in [-0.2, 0) is 27.1 Å². The lowest BCUT2D eigenvalue weighted by Crippen LogP contribution is -2.62. The van der Waals surface area contributed by atoms with Crippen molar-refractivity contribution in [2.24, 2.45) is 5.92 Å². The zero-order chi connectivity index (χ0) is 21.0. The number of nitrogens with zero attached hydrogens (tertiary/aromatic N) is 1. The SMILES string of the molecule is Cc1c(C(F)(F)F)ccc(COC2CN(C(=O)[C@H]3C[C@]4(COC(=O)N4)C3)C2)c1F. The average Bonchev–Trinajstić information content (AvgIpc) is 2.96. The van der Waals surface area contributed by atoms with Gasteiger partial charge in [-0.25, -0.2) is 9.18 Å². The first-order chi connectivity index (χ1) is 13.6. The number of hydrogen-bond donors (Lipinski definition) is 1. The molecule has 1 saturated carbocycles. The number of benzene rings is 1. The summed E-state index contributed by atoms with van der Waals surface area (Å²) in [5, 5.41) is 2.73. The van der Waals surface area contributed by atoms with E-state index in [0.717, 1.165) is 19.1 Å². The molecule has 0 atom stereocenters. The highest BCUT2D eigenvalue weighted by molar-refractivity contribution is 5.82. The maximum absolute atomic E-state index is 14.2. The molecule has 0 unspecified atom stereocenters. The van der Waals surface area contributed by atoms with Crippen LogP contribution in [0, 0.1) is 18.7 Å². The third-order valence-corrected chi connectivity index (χ3v) is 5.88. The van der Waals surface area contributed by atoms with Gasteiger partial charge in [0.15, 0.2) is 0 Å². The van der Waals surface area contributed by atoms with Gasteiger partial charge in [0.2, 0.25) is 5.91 Å². The van der Waals surface area contributed by atoms with Crippen LogP contribution in [0.2, 0.25) is 0 Å². The number of ether oxygens (including phenoxy) is 2. The van der Waals surface area contributed by atoms with Gasteiger partial charge < -0.3 is 19.7 Å². The van der Waals surface area contributed by atoms with Crippen LogP contribution >= 0.6 is 0 Å². The third kappa shape index (κ3) is 3.65. The average molecular weight is 416 g/mol. The zero-order valence-electron chi connectivity index (χ0n) is 15.6. The molecule has 29 heavy (non-hydrogen) atoms. The summed E-state index contributed by atoms with van der Waals surface area (Å²) >= 11 is 0. The summed E-state index contributed by atoms with van der Waals surface area (Å²) in [6, 6.07) is 1.93. The highest BCUT2D eigenvalue weighted by Gasteiger charge is 2.54. The van der Waals surface area contributed by atoms with Crippen LogP contribution in [0.15, 0.2) is 12.1 Å². The summed E-state index contributed by atoms with van der Waals surface area (Å²) in [4.78, 5) is 25.2. The molecule has 6 nitrogen and oxygen atoms in total. The van der Waals surface area contributed by atoms with Crippen LogP contribution in [0.1, 0.15) is 29.5 Å². The van der Waals surface area contributed by atoms with Gasteiger partial charge in [-0.3, -0.25) is 4.79 Å². The molecular formula is C19H20F4N2O4. The minimum Gasteiger partial charge on any atom is -0.447 e. The van der Waals surface area contributed by atoms with Gasteiger partial charge in [0.05, 0.1) is 23.8 Å². The minimum atomic E-state index is -4.60. The van der Waals surface area contributed by atoms with Crippen molar-refractivity contribution in [3.63, 3.8) is 0 Å². The van der Waals surface area contributed by atoms with Gasteiger partial charge in [0, 0.05) is 24.6 Å². The standard InChI is InChI=1S/C19H20F4N2O4/c1-10-14(19(21,22)23)3-2-11(15(10)20)8-28-13-6-25(7-13)16(26)12-4-18(5-12)9-29-17(27)24-18/h2-3,12-13H,4-9H2,1H3,(H,24,27)/t12-,18+. The Morgan fingerprint density at radius 3 is 2.62 bits per heavy atom. The van der Waals surface area contributed by atoms with Crippen LogP contribution in [0.25, 0.3) is 0 Å². The van der Waals surface area contributed by atoms with E-state index in [-0.39, 0.29) is 36.7 Å². The van der Waals surface area contributed by atoms with E-state index in [1.807, 2.05) is 0 Å². The topological polar surface area (TPSA) is 67.9 Å². The molecule has 0 aromatic heterocycles. The lowest BCUT2D eigenvalue weighted by molar-refractivity contribution is -0.155. The fraction of sp³-hybridized carbons (Fsp3) is 0.579. The van der Waals surface area contributed by atoms with E-state index in [0.29, 0.717) is 25.9 Å². The summed E-state index contributed by atoms with van der Waals surface area (Å²) < 4.78 is 63.1. The fourth-order valence-corrected chi connectivity index (χ4v) is 4.12. The molecule has 3 aliphatic rings.